The molecule has 0 unspecified atom stereocenters. The Kier molecular flexibility index (Phi) is 5.24. The van der Waals surface area contributed by atoms with Gasteiger partial charge in [0.2, 0.25) is 0 Å². The third-order valence-electron chi connectivity index (χ3n) is 4.20. The van der Waals surface area contributed by atoms with Gasteiger partial charge in [0, 0.05) is 14.5 Å². The molecule has 3 aromatic rings. The van der Waals surface area contributed by atoms with Gasteiger partial charge in [-0.05, 0) is 66.2 Å². The maximum atomic E-state index is 13.4. The van der Waals surface area contributed by atoms with Crippen LogP contribution >= 0.6 is 31.9 Å². The Hall–Kier alpha value is -2.57. The third kappa shape index (κ3) is 3.84. The van der Waals surface area contributed by atoms with Crippen molar-refractivity contribution in [3.63, 3.8) is 0 Å². The molecule has 1 aliphatic rings. The first kappa shape index (κ1) is 18.8. The van der Waals surface area contributed by atoms with E-state index in [-0.39, 0.29) is 11.7 Å². The lowest BCUT2D eigenvalue weighted by Crippen LogP contribution is -2.32. The van der Waals surface area contributed by atoms with Crippen LogP contribution in [-0.2, 0) is 4.79 Å². The molecule has 0 aromatic heterocycles. The van der Waals surface area contributed by atoms with Crippen LogP contribution in [0, 0.1) is 5.82 Å². The van der Waals surface area contributed by atoms with E-state index >= 15 is 0 Å². The lowest BCUT2D eigenvalue weighted by Gasteiger charge is -2.18. The van der Waals surface area contributed by atoms with Crippen LogP contribution in [0.5, 0.6) is 0 Å². The van der Waals surface area contributed by atoms with Gasteiger partial charge in [0.05, 0.1) is 5.69 Å². The zero-order valence-corrected chi connectivity index (χ0v) is 17.6. The average molecular weight is 500 g/mol. The van der Waals surface area contributed by atoms with E-state index in [1.807, 2.05) is 48.5 Å². The molecule has 0 atom stereocenters. The number of nitrogens with zero attached hydrogens (tertiary/aromatic N) is 2. The van der Waals surface area contributed by atoms with Gasteiger partial charge in [0.25, 0.3) is 5.91 Å². The molecule has 4 rings (SSSR count). The molecular formula is C22H13Br2FN2O. The van der Waals surface area contributed by atoms with Crippen LogP contribution in [0.4, 0.5) is 10.1 Å². The predicted octanol–water partition coefficient (Wildman–Crippen LogP) is 6.19. The SMILES string of the molecule is O=C1/C(=C\c2ccc(Br)cc2)N=C(c2ccc(F)cc2)N1c1cccc(Br)c1. The van der Waals surface area contributed by atoms with E-state index in [2.05, 4.69) is 36.9 Å². The molecule has 0 saturated carbocycles. The monoisotopic (exact) mass is 498 g/mol. The van der Waals surface area contributed by atoms with Crippen LogP contribution in [0.15, 0.2) is 92.4 Å². The molecule has 3 nitrogen and oxygen atoms in total. The number of anilines is 1. The molecule has 1 heterocycles. The van der Waals surface area contributed by atoms with Crippen molar-refractivity contribution in [2.45, 2.75) is 0 Å². The van der Waals surface area contributed by atoms with Gasteiger partial charge in [-0.1, -0.05) is 50.1 Å². The van der Waals surface area contributed by atoms with Gasteiger partial charge >= 0.3 is 0 Å². The van der Waals surface area contributed by atoms with Crippen LogP contribution < -0.4 is 4.90 Å². The van der Waals surface area contributed by atoms with Crippen molar-refractivity contribution in [3.8, 4) is 0 Å². The molecule has 0 spiro atoms. The number of carbonyl (C=O) groups is 1. The zero-order valence-electron chi connectivity index (χ0n) is 14.4. The number of amidine groups is 1. The van der Waals surface area contributed by atoms with E-state index in [9.17, 15) is 9.18 Å². The summed E-state index contributed by atoms with van der Waals surface area (Å²) < 4.78 is 15.2. The number of halogens is 3. The first-order valence-corrected chi connectivity index (χ1v) is 10.0. The molecule has 0 aliphatic carbocycles. The maximum Gasteiger partial charge on any atom is 0.282 e. The fourth-order valence-corrected chi connectivity index (χ4v) is 3.53. The van der Waals surface area contributed by atoms with Gasteiger partial charge in [0.15, 0.2) is 0 Å². The van der Waals surface area contributed by atoms with E-state index in [1.54, 1.807) is 23.1 Å². The van der Waals surface area contributed by atoms with Crippen LogP contribution in [0.25, 0.3) is 6.08 Å². The molecule has 6 heteroatoms. The van der Waals surface area contributed by atoms with E-state index in [0.29, 0.717) is 22.8 Å². The van der Waals surface area contributed by atoms with Gasteiger partial charge < -0.3 is 0 Å². The summed E-state index contributed by atoms with van der Waals surface area (Å²) in [5, 5.41) is 0. The highest BCUT2D eigenvalue weighted by atomic mass is 79.9. The smallest absolute Gasteiger partial charge is 0.266 e. The Morgan fingerprint density at radius 3 is 2.29 bits per heavy atom. The van der Waals surface area contributed by atoms with Crippen molar-refractivity contribution in [2.75, 3.05) is 4.90 Å². The predicted molar refractivity (Wildman–Crippen MR) is 117 cm³/mol. The number of carbonyl (C=O) groups excluding carboxylic acids is 1. The minimum atomic E-state index is -0.340. The number of hydrogen-bond donors (Lipinski definition) is 0. The summed E-state index contributed by atoms with van der Waals surface area (Å²) in [4.78, 5) is 19.3. The molecule has 28 heavy (non-hydrogen) atoms. The molecule has 138 valence electrons. The maximum absolute atomic E-state index is 13.4. The van der Waals surface area contributed by atoms with E-state index in [4.69, 9.17) is 0 Å². The van der Waals surface area contributed by atoms with Gasteiger partial charge in [0.1, 0.15) is 17.3 Å². The van der Waals surface area contributed by atoms with Crippen LogP contribution in [-0.4, -0.2) is 11.7 Å². The quantitative estimate of drug-likeness (QED) is 0.396. The lowest BCUT2D eigenvalue weighted by atomic mass is 10.1. The molecule has 0 bridgehead atoms. The second-order valence-electron chi connectivity index (χ2n) is 6.14. The Balaban J connectivity index is 1.82. The lowest BCUT2D eigenvalue weighted by molar-refractivity contribution is -0.113. The van der Waals surface area contributed by atoms with Gasteiger partial charge in [-0.15, -0.1) is 0 Å². The van der Waals surface area contributed by atoms with Crippen molar-refractivity contribution in [2.24, 2.45) is 4.99 Å². The Labute approximate surface area is 178 Å². The molecule has 0 radical (unpaired) electrons. The third-order valence-corrected chi connectivity index (χ3v) is 5.22. The molecule has 3 aromatic carbocycles. The fourth-order valence-electron chi connectivity index (χ4n) is 2.88. The van der Waals surface area contributed by atoms with Crippen molar-refractivity contribution in [1.29, 1.82) is 0 Å². The van der Waals surface area contributed by atoms with Crippen LogP contribution in [0.2, 0.25) is 0 Å². The fraction of sp³-hybridized carbons (Fsp3) is 0. The van der Waals surface area contributed by atoms with E-state index < -0.39 is 0 Å². The first-order valence-electron chi connectivity index (χ1n) is 8.43. The number of amides is 1. The van der Waals surface area contributed by atoms with Gasteiger partial charge in [-0.25, -0.2) is 9.38 Å². The van der Waals surface area contributed by atoms with Crippen LogP contribution in [0.3, 0.4) is 0 Å². The Morgan fingerprint density at radius 2 is 1.61 bits per heavy atom. The highest BCUT2D eigenvalue weighted by Crippen LogP contribution is 2.29. The summed E-state index contributed by atoms with van der Waals surface area (Å²) in [5.41, 5.74) is 2.53. The molecule has 0 saturated heterocycles. The Morgan fingerprint density at radius 1 is 0.893 bits per heavy atom. The van der Waals surface area contributed by atoms with E-state index in [0.717, 1.165) is 14.5 Å². The molecule has 0 N–H and O–H groups in total. The normalized spacial score (nSPS) is 15.2. The number of hydrogen-bond acceptors (Lipinski definition) is 2. The number of rotatable bonds is 3. The van der Waals surface area contributed by atoms with Gasteiger partial charge in [-0.2, -0.15) is 0 Å². The largest absolute Gasteiger partial charge is 0.282 e. The molecular weight excluding hydrogens is 487 g/mol. The molecule has 1 amide bonds. The molecule has 0 fully saturated rings. The second kappa shape index (κ2) is 7.81. The summed E-state index contributed by atoms with van der Waals surface area (Å²) in [6.07, 6.45) is 1.75. The minimum Gasteiger partial charge on any atom is -0.266 e. The molecule has 1 aliphatic heterocycles. The van der Waals surface area contributed by atoms with Gasteiger partial charge in [-0.3, -0.25) is 9.69 Å². The summed E-state index contributed by atoms with van der Waals surface area (Å²) in [7, 11) is 0. The summed E-state index contributed by atoms with van der Waals surface area (Å²) in [6.45, 7) is 0. The summed E-state index contributed by atoms with van der Waals surface area (Å²) in [6, 6.07) is 21.0. The van der Waals surface area contributed by atoms with Crippen LogP contribution in [0.1, 0.15) is 11.1 Å². The highest BCUT2D eigenvalue weighted by Gasteiger charge is 2.32. The Bertz CT molecular complexity index is 1110. The minimum absolute atomic E-state index is 0.236. The number of aliphatic imine (C=N–C) groups is 1. The van der Waals surface area contributed by atoms with Crippen molar-refractivity contribution >= 4 is 55.4 Å². The highest BCUT2D eigenvalue weighted by molar-refractivity contribution is 9.10. The van der Waals surface area contributed by atoms with E-state index in [1.165, 1.54) is 12.1 Å². The number of benzene rings is 3. The second-order valence-corrected chi connectivity index (χ2v) is 7.98. The summed E-state index contributed by atoms with van der Waals surface area (Å²) in [5.74, 6) is -0.111. The topological polar surface area (TPSA) is 32.7 Å². The summed E-state index contributed by atoms with van der Waals surface area (Å²) >= 11 is 6.85. The average Bonchev–Trinajstić information content (AvgIpc) is 3.00. The standard InChI is InChI=1S/C22H13Br2FN2O/c23-16-8-4-14(5-9-16)12-20-22(28)27(19-3-1-2-17(24)13-19)21(26-20)15-6-10-18(25)11-7-15/h1-13H/b20-12+. The first-order chi connectivity index (χ1) is 13.5. The van der Waals surface area contributed by atoms with Crippen molar-refractivity contribution in [1.82, 2.24) is 0 Å². The van der Waals surface area contributed by atoms with Crippen molar-refractivity contribution < 1.29 is 9.18 Å². The van der Waals surface area contributed by atoms with Crippen molar-refractivity contribution in [3.05, 3.63) is 104 Å². The zero-order chi connectivity index (χ0) is 19.7.